The van der Waals surface area contributed by atoms with Gasteiger partial charge in [-0.15, -0.1) is 0 Å². The van der Waals surface area contributed by atoms with Crippen LogP contribution in [0.1, 0.15) is 29.5 Å². The van der Waals surface area contributed by atoms with E-state index in [1.807, 2.05) is 12.1 Å². The third-order valence-corrected chi connectivity index (χ3v) is 4.94. The Labute approximate surface area is 151 Å². The molecule has 1 heterocycles. The van der Waals surface area contributed by atoms with E-state index >= 15 is 0 Å². The maximum Gasteiger partial charge on any atom is 0.224 e. The van der Waals surface area contributed by atoms with Crippen LogP contribution in [-0.4, -0.2) is 30.4 Å². The molecule has 1 N–H and O–H groups in total. The molecule has 3 rings (SSSR count). The minimum atomic E-state index is 0.129. The summed E-state index contributed by atoms with van der Waals surface area (Å²) in [6.45, 7) is 6.19. The van der Waals surface area contributed by atoms with Crippen LogP contribution in [-0.2, 0) is 17.8 Å². The Morgan fingerprint density at radius 3 is 2.72 bits per heavy atom. The fourth-order valence-electron chi connectivity index (χ4n) is 3.62. The third-order valence-electron chi connectivity index (χ3n) is 4.94. The number of rotatable bonds is 7. The Morgan fingerprint density at radius 1 is 1.12 bits per heavy atom. The van der Waals surface area contributed by atoms with Crippen molar-refractivity contribution in [3.63, 3.8) is 0 Å². The molecule has 3 heteroatoms. The summed E-state index contributed by atoms with van der Waals surface area (Å²) in [5, 5.41) is 3.08. The molecule has 0 bridgehead atoms. The molecule has 0 radical (unpaired) electrons. The molecule has 1 saturated heterocycles. The Bertz CT molecular complexity index is 683. The third kappa shape index (κ3) is 5.71. The van der Waals surface area contributed by atoms with E-state index in [-0.39, 0.29) is 5.91 Å². The molecule has 1 aliphatic heterocycles. The summed E-state index contributed by atoms with van der Waals surface area (Å²) in [6, 6.07) is 18.8. The molecule has 132 valence electrons. The molecule has 0 aromatic heterocycles. The first-order valence-corrected chi connectivity index (χ1v) is 9.27. The topological polar surface area (TPSA) is 32.3 Å². The van der Waals surface area contributed by atoms with Crippen LogP contribution in [0, 0.1) is 12.8 Å². The molecule has 2 aromatic rings. The summed E-state index contributed by atoms with van der Waals surface area (Å²) < 4.78 is 0. The van der Waals surface area contributed by atoms with Gasteiger partial charge in [-0.05, 0) is 43.4 Å². The zero-order valence-electron chi connectivity index (χ0n) is 15.1. The van der Waals surface area contributed by atoms with Crippen LogP contribution in [0.2, 0.25) is 0 Å². The van der Waals surface area contributed by atoms with Crippen LogP contribution < -0.4 is 5.32 Å². The maximum atomic E-state index is 12.1. The molecule has 1 fully saturated rings. The highest BCUT2D eigenvalue weighted by Gasteiger charge is 2.22. The van der Waals surface area contributed by atoms with E-state index in [1.165, 1.54) is 17.5 Å². The fourth-order valence-corrected chi connectivity index (χ4v) is 3.62. The van der Waals surface area contributed by atoms with Crippen LogP contribution in [0.15, 0.2) is 54.6 Å². The average Bonchev–Trinajstić information content (AvgIpc) is 3.03. The minimum Gasteiger partial charge on any atom is -0.356 e. The largest absolute Gasteiger partial charge is 0.356 e. The number of carbonyl (C=O) groups excluding carboxylic acids is 1. The summed E-state index contributed by atoms with van der Waals surface area (Å²) in [7, 11) is 0. The number of amides is 1. The summed E-state index contributed by atoms with van der Waals surface area (Å²) in [6.07, 6.45) is 2.79. The smallest absolute Gasteiger partial charge is 0.224 e. The van der Waals surface area contributed by atoms with E-state index in [0.717, 1.165) is 38.2 Å². The minimum absolute atomic E-state index is 0.129. The van der Waals surface area contributed by atoms with Gasteiger partial charge in [0.05, 0.1) is 6.42 Å². The second-order valence-electron chi connectivity index (χ2n) is 7.18. The van der Waals surface area contributed by atoms with Crippen molar-refractivity contribution in [1.29, 1.82) is 0 Å². The highest BCUT2D eigenvalue weighted by Crippen LogP contribution is 2.21. The standard InChI is InChI=1S/C22H28N2O/c1-18-6-5-9-21(14-18)15-22(25)23-12-10-20-11-13-24(17-20)16-19-7-3-2-4-8-19/h2-9,14,20H,10-13,15-17H2,1H3,(H,23,25). The lowest BCUT2D eigenvalue weighted by Gasteiger charge is -2.16. The normalized spacial score (nSPS) is 17.6. The lowest BCUT2D eigenvalue weighted by molar-refractivity contribution is -0.120. The number of benzene rings is 2. The highest BCUT2D eigenvalue weighted by atomic mass is 16.1. The van der Waals surface area contributed by atoms with Crippen molar-refractivity contribution in [1.82, 2.24) is 10.2 Å². The average molecular weight is 336 g/mol. The van der Waals surface area contributed by atoms with Crippen molar-refractivity contribution in [2.45, 2.75) is 32.7 Å². The Hall–Kier alpha value is -2.13. The van der Waals surface area contributed by atoms with Crippen LogP contribution in [0.4, 0.5) is 0 Å². The molecule has 25 heavy (non-hydrogen) atoms. The van der Waals surface area contributed by atoms with Crippen LogP contribution in [0.3, 0.4) is 0 Å². The van der Waals surface area contributed by atoms with Gasteiger partial charge in [0, 0.05) is 19.6 Å². The van der Waals surface area contributed by atoms with Crippen LogP contribution in [0.25, 0.3) is 0 Å². The SMILES string of the molecule is Cc1cccc(CC(=O)NCCC2CCN(Cc3ccccc3)C2)c1. The number of nitrogens with zero attached hydrogens (tertiary/aromatic N) is 1. The molecule has 0 aliphatic carbocycles. The van der Waals surface area contributed by atoms with Gasteiger partial charge in [0.15, 0.2) is 0 Å². The van der Waals surface area contributed by atoms with Gasteiger partial charge >= 0.3 is 0 Å². The zero-order valence-corrected chi connectivity index (χ0v) is 15.1. The van der Waals surface area contributed by atoms with Crippen LogP contribution >= 0.6 is 0 Å². The lowest BCUT2D eigenvalue weighted by atomic mass is 10.0. The second kappa shape index (κ2) is 8.82. The van der Waals surface area contributed by atoms with E-state index in [4.69, 9.17) is 0 Å². The first-order chi connectivity index (χ1) is 12.2. The van der Waals surface area contributed by atoms with Gasteiger partial charge in [0.2, 0.25) is 5.91 Å². The van der Waals surface area contributed by atoms with Crippen molar-refractivity contribution in [3.8, 4) is 0 Å². The summed E-state index contributed by atoms with van der Waals surface area (Å²) >= 11 is 0. The number of likely N-dealkylation sites (tertiary alicyclic amines) is 1. The van der Waals surface area contributed by atoms with Gasteiger partial charge in [0.1, 0.15) is 0 Å². The second-order valence-corrected chi connectivity index (χ2v) is 7.18. The van der Waals surface area contributed by atoms with E-state index in [0.29, 0.717) is 12.3 Å². The number of hydrogen-bond acceptors (Lipinski definition) is 2. The molecule has 1 atom stereocenters. The van der Waals surface area contributed by atoms with E-state index < -0.39 is 0 Å². The van der Waals surface area contributed by atoms with Gasteiger partial charge in [-0.3, -0.25) is 9.69 Å². The van der Waals surface area contributed by atoms with Gasteiger partial charge in [0.25, 0.3) is 0 Å². The summed E-state index contributed by atoms with van der Waals surface area (Å²) in [5.41, 5.74) is 3.68. The van der Waals surface area contributed by atoms with E-state index in [9.17, 15) is 4.79 Å². The number of nitrogens with one attached hydrogen (secondary N) is 1. The Balaban J connectivity index is 1.35. The van der Waals surface area contributed by atoms with Crippen molar-refractivity contribution >= 4 is 5.91 Å². The quantitative estimate of drug-likeness (QED) is 0.838. The van der Waals surface area contributed by atoms with Gasteiger partial charge in [-0.1, -0.05) is 60.2 Å². The Kier molecular flexibility index (Phi) is 6.24. The van der Waals surface area contributed by atoms with Crippen LogP contribution in [0.5, 0.6) is 0 Å². The summed E-state index contributed by atoms with van der Waals surface area (Å²) in [4.78, 5) is 14.6. The zero-order chi connectivity index (χ0) is 17.5. The Morgan fingerprint density at radius 2 is 1.92 bits per heavy atom. The number of carbonyl (C=O) groups is 1. The maximum absolute atomic E-state index is 12.1. The predicted octanol–water partition coefficient (Wildman–Crippen LogP) is 3.57. The molecular formula is C22H28N2O. The number of aryl methyl sites for hydroxylation is 1. The monoisotopic (exact) mass is 336 g/mol. The van der Waals surface area contributed by atoms with Crippen molar-refractivity contribution < 1.29 is 4.79 Å². The first-order valence-electron chi connectivity index (χ1n) is 9.27. The summed E-state index contributed by atoms with van der Waals surface area (Å²) in [5.74, 6) is 0.827. The molecule has 1 amide bonds. The molecule has 1 aliphatic rings. The van der Waals surface area contributed by atoms with Crippen molar-refractivity contribution in [2.24, 2.45) is 5.92 Å². The molecule has 1 unspecified atom stereocenters. The van der Waals surface area contributed by atoms with Gasteiger partial charge in [-0.25, -0.2) is 0 Å². The van der Waals surface area contributed by atoms with Gasteiger partial charge in [-0.2, -0.15) is 0 Å². The molecular weight excluding hydrogens is 308 g/mol. The van der Waals surface area contributed by atoms with Crippen molar-refractivity contribution in [2.75, 3.05) is 19.6 Å². The van der Waals surface area contributed by atoms with Gasteiger partial charge < -0.3 is 5.32 Å². The lowest BCUT2D eigenvalue weighted by Crippen LogP contribution is -2.28. The molecule has 3 nitrogen and oxygen atoms in total. The van der Waals surface area contributed by atoms with E-state index in [2.05, 4.69) is 59.6 Å². The highest BCUT2D eigenvalue weighted by molar-refractivity contribution is 5.78. The molecule has 2 aromatic carbocycles. The van der Waals surface area contributed by atoms with E-state index in [1.54, 1.807) is 0 Å². The predicted molar refractivity (Wildman–Crippen MR) is 102 cm³/mol. The first kappa shape index (κ1) is 17.7. The fraction of sp³-hybridized carbons (Fsp3) is 0.409. The molecule has 0 saturated carbocycles. The van der Waals surface area contributed by atoms with Crippen molar-refractivity contribution in [3.05, 3.63) is 71.3 Å². The molecule has 0 spiro atoms. The number of hydrogen-bond donors (Lipinski definition) is 1.